The molecule has 0 atom stereocenters. The van der Waals surface area contributed by atoms with E-state index in [1.54, 1.807) is 0 Å². The third-order valence-electron chi connectivity index (χ3n) is 2.94. The molecule has 0 bridgehead atoms. The fourth-order valence-corrected chi connectivity index (χ4v) is 1.66. The highest BCUT2D eigenvalue weighted by Gasteiger charge is 3.00. The molecule has 0 aliphatic heterocycles. The molecular formula is C18H12N4O9. The van der Waals surface area contributed by atoms with Crippen LogP contribution < -0.4 is 21.5 Å². The van der Waals surface area contributed by atoms with Crippen LogP contribution >= 0.6 is 0 Å². The van der Waals surface area contributed by atoms with Crippen LogP contribution in [0.2, 0.25) is 0 Å². The minimum Gasteiger partial charge on any atom is -0.543 e. The molecular weight excluding hydrogens is 416 g/mol. The first-order valence-corrected chi connectivity index (χ1v) is 7.71. The summed E-state index contributed by atoms with van der Waals surface area (Å²) in [7, 11) is 0. The molecule has 31 heavy (non-hydrogen) atoms. The summed E-state index contributed by atoms with van der Waals surface area (Å²) >= 11 is 0. The predicted octanol–water partition coefficient (Wildman–Crippen LogP) is -3.03. The third kappa shape index (κ3) is 8.25. The number of rotatable bonds is 3. The maximum Gasteiger partial charge on any atom is 3.00 e. The largest absolute Gasteiger partial charge is 3.00 e. The Kier molecular flexibility index (Phi) is 10.4. The van der Waals surface area contributed by atoms with E-state index in [1.807, 2.05) is 0 Å². The molecule has 13 heteroatoms. The molecule has 3 aromatic rings. The number of aromatic carboxylic acids is 3. The minimum atomic E-state index is -1.47. The molecule has 0 spiro atoms. The lowest BCUT2D eigenvalue weighted by Crippen LogP contribution is -2.23. The molecule has 0 saturated heterocycles. The van der Waals surface area contributed by atoms with Crippen molar-refractivity contribution >= 4 is 17.9 Å². The number of aromatic nitrogens is 3. The van der Waals surface area contributed by atoms with Crippen LogP contribution in [0.15, 0.2) is 55.0 Å². The topological polar surface area (TPSA) is 250 Å². The van der Waals surface area contributed by atoms with E-state index < -0.39 is 35.0 Å². The fourth-order valence-electron chi connectivity index (χ4n) is 1.66. The normalized spacial score (nSPS) is 8.90. The predicted molar refractivity (Wildman–Crippen MR) is 92.8 cm³/mol. The Bertz CT molecular complexity index is 912. The first-order chi connectivity index (χ1) is 14.1. The smallest absolute Gasteiger partial charge is 0.543 e. The van der Waals surface area contributed by atoms with Crippen LogP contribution in [0.1, 0.15) is 31.5 Å². The SMILES string of the molecule is O=C([O-])c1ncccc1O.O=C([O-])c1ncccc1O.O=C([O-])c1ncccc1O.[N+3]. The molecule has 0 aliphatic carbocycles. The van der Waals surface area contributed by atoms with Gasteiger partial charge in [-0.05, 0) is 36.4 Å². The lowest BCUT2D eigenvalue weighted by molar-refractivity contribution is -0.256. The molecule has 3 N–H and O–H groups in total. The van der Waals surface area contributed by atoms with Crippen molar-refractivity contribution in [1.29, 1.82) is 0 Å². The van der Waals surface area contributed by atoms with Gasteiger partial charge in [-0.25, -0.2) is 0 Å². The molecule has 158 valence electrons. The monoisotopic (exact) mass is 428 g/mol. The number of carbonyl (C=O) groups excluding carboxylic acids is 3. The zero-order chi connectivity index (χ0) is 22.7. The van der Waals surface area contributed by atoms with Crippen LogP contribution in [0.5, 0.6) is 17.2 Å². The molecule has 2 radical (unpaired) electrons. The van der Waals surface area contributed by atoms with E-state index >= 15 is 0 Å². The number of aromatic hydroxyl groups is 3. The number of pyridine rings is 3. The van der Waals surface area contributed by atoms with Gasteiger partial charge in [-0.3, -0.25) is 15.0 Å². The standard InChI is InChI=1S/3C6H5NO3.N/c3*8-4-2-1-3-7-5(4)6(9)10;/h3*1-3,8H,(H,9,10);/q;;;+3/p-3. The van der Waals surface area contributed by atoms with Crippen LogP contribution in [-0.4, -0.2) is 48.2 Å². The van der Waals surface area contributed by atoms with Crippen LogP contribution in [0.25, 0.3) is 0 Å². The Hall–Kier alpha value is -5.03. The van der Waals surface area contributed by atoms with Gasteiger partial charge in [-0.1, -0.05) is 0 Å². The van der Waals surface area contributed by atoms with Gasteiger partial charge in [0.05, 0.1) is 17.9 Å². The molecule has 0 aromatic carbocycles. The molecule has 0 unspecified atom stereocenters. The highest BCUT2D eigenvalue weighted by Crippen LogP contribution is 2.11. The first kappa shape index (κ1) is 26.0. The maximum absolute atomic E-state index is 10.1. The molecule has 3 rings (SSSR count). The van der Waals surface area contributed by atoms with Gasteiger partial charge in [0.2, 0.25) is 0 Å². The number of carbonyl (C=O) groups is 3. The highest BCUT2D eigenvalue weighted by molar-refractivity contribution is 5.87. The lowest BCUT2D eigenvalue weighted by Gasteiger charge is -2.01. The summed E-state index contributed by atoms with van der Waals surface area (Å²) in [4.78, 5) is 40.4. The molecule has 0 amide bonds. The van der Waals surface area contributed by atoms with Crippen molar-refractivity contribution in [2.24, 2.45) is 0 Å². The maximum atomic E-state index is 10.1. The summed E-state index contributed by atoms with van der Waals surface area (Å²) in [5.41, 5.74) is -1.28. The minimum absolute atomic E-state index is 0. The van der Waals surface area contributed by atoms with E-state index in [1.165, 1.54) is 55.0 Å². The van der Waals surface area contributed by atoms with Crippen LogP contribution in [0, 0.1) is 0 Å². The van der Waals surface area contributed by atoms with E-state index in [0.717, 1.165) is 0 Å². The second-order valence-corrected chi connectivity index (χ2v) is 4.98. The number of carboxylic acids is 3. The van der Waals surface area contributed by atoms with Crippen molar-refractivity contribution in [3.63, 3.8) is 0 Å². The molecule has 0 aliphatic rings. The average Bonchev–Trinajstić information content (AvgIpc) is 2.69. The Morgan fingerprint density at radius 2 is 0.806 bits per heavy atom. The van der Waals surface area contributed by atoms with E-state index in [0.29, 0.717) is 0 Å². The van der Waals surface area contributed by atoms with Gasteiger partial charge in [0, 0.05) is 18.6 Å². The van der Waals surface area contributed by atoms with Crippen LogP contribution in [0.4, 0.5) is 0 Å². The lowest BCUT2D eigenvalue weighted by atomic mass is 10.3. The third-order valence-corrected chi connectivity index (χ3v) is 2.94. The van der Waals surface area contributed by atoms with Gasteiger partial charge in [0.25, 0.3) is 0 Å². The summed E-state index contributed by atoms with van der Waals surface area (Å²) in [6, 6.07) is 8.00. The molecule has 3 aromatic heterocycles. The number of hydrogen-bond donors (Lipinski definition) is 3. The van der Waals surface area contributed by atoms with Gasteiger partial charge in [-0.2, -0.15) is 0 Å². The van der Waals surface area contributed by atoms with E-state index in [9.17, 15) is 29.7 Å². The van der Waals surface area contributed by atoms with Gasteiger partial charge in [-0.15, -0.1) is 0 Å². The zero-order valence-electron chi connectivity index (χ0n) is 15.3. The molecule has 0 saturated carbocycles. The first-order valence-electron chi connectivity index (χ1n) is 7.71. The van der Waals surface area contributed by atoms with Crippen molar-refractivity contribution in [3.8, 4) is 17.2 Å². The van der Waals surface area contributed by atoms with Crippen LogP contribution in [0.3, 0.4) is 0 Å². The Morgan fingerprint density at radius 3 is 0.935 bits per heavy atom. The summed E-state index contributed by atoms with van der Waals surface area (Å²) in [6.07, 6.45) is 3.81. The molecule has 0 fully saturated rings. The summed E-state index contributed by atoms with van der Waals surface area (Å²) in [6.45, 7) is 0. The number of hydrogen-bond acceptors (Lipinski definition) is 12. The van der Waals surface area contributed by atoms with Gasteiger partial charge in [0.15, 0.2) is 0 Å². The molecule has 3 heterocycles. The Balaban J connectivity index is 0.000000429. The van der Waals surface area contributed by atoms with Gasteiger partial charge < -0.3 is 45.0 Å². The van der Waals surface area contributed by atoms with Gasteiger partial charge in [0.1, 0.15) is 34.3 Å². The average molecular weight is 428 g/mol. The van der Waals surface area contributed by atoms with Gasteiger partial charge >= 0.3 is 6.15 Å². The van der Waals surface area contributed by atoms with Crippen molar-refractivity contribution in [3.05, 3.63) is 72.1 Å². The van der Waals surface area contributed by atoms with E-state index in [4.69, 9.17) is 15.3 Å². The second kappa shape index (κ2) is 12.4. The highest BCUT2D eigenvalue weighted by atomic mass is 16.4. The van der Waals surface area contributed by atoms with Crippen molar-refractivity contribution in [2.45, 2.75) is 0 Å². The van der Waals surface area contributed by atoms with E-state index in [2.05, 4.69) is 15.0 Å². The zero-order valence-corrected chi connectivity index (χ0v) is 15.3. The van der Waals surface area contributed by atoms with E-state index in [-0.39, 0.29) is 23.4 Å². The van der Waals surface area contributed by atoms with Crippen LogP contribution in [-0.2, 0) is 0 Å². The van der Waals surface area contributed by atoms with Crippen molar-refractivity contribution in [2.75, 3.05) is 0 Å². The fraction of sp³-hybridized carbons (Fsp3) is 0. The Morgan fingerprint density at radius 1 is 0.581 bits per heavy atom. The summed E-state index contributed by atoms with van der Waals surface area (Å²) in [5.74, 6) is -5.54. The second-order valence-electron chi connectivity index (χ2n) is 4.98. The number of carboxylic acid groups (broad SMARTS) is 3. The van der Waals surface area contributed by atoms with Crippen molar-refractivity contribution < 1.29 is 45.0 Å². The number of nitrogens with zero attached hydrogens (tertiary/aromatic N) is 4. The Labute approximate surface area is 174 Å². The quantitative estimate of drug-likeness (QED) is 0.376. The van der Waals surface area contributed by atoms with Crippen molar-refractivity contribution in [1.82, 2.24) is 21.1 Å². The molecule has 13 nitrogen and oxygen atoms in total. The summed E-state index contributed by atoms with van der Waals surface area (Å²) < 4.78 is 0. The summed E-state index contributed by atoms with van der Waals surface area (Å²) in [5, 5.41) is 56.7.